The van der Waals surface area contributed by atoms with Gasteiger partial charge in [0.05, 0.1) is 5.69 Å². The number of benzene rings is 1. The molecule has 0 fully saturated rings. The molecule has 0 radical (unpaired) electrons. The Balaban J connectivity index is 2.92. The molecular formula is C9H15N3. The lowest BCUT2D eigenvalue weighted by atomic mass is 10.2. The second-order valence-corrected chi connectivity index (χ2v) is 3.03. The fraction of sp³-hybridized carbons (Fsp3) is 0.333. The van der Waals surface area contributed by atoms with Crippen molar-refractivity contribution in [2.45, 2.75) is 6.92 Å². The monoisotopic (exact) mass is 165 g/mol. The van der Waals surface area contributed by atoms with E-state index in [0.717, 1.165) is 16.9 Å². The van der Waals surface area contributed by atoms with Gasteiger partial charge in [0.15, 0.2) is 0 Å². The van der Waals surface area contributed by atoms with Crippen LogP contribution in [0.2, 0.25) is 0 Å². The molecule has 3 heteroatoms. The van der Waals surface area contributed by atoms with E-state index in [0.29, 0.717) is 0 Å². The molecule has 0 amide bonds. The van der Waals surface area contributed by atoms with E-state index in [1.165, 1.54) is 0 Å². The largest absolute Gasteiger partial charge is 0.398 e. The summed E-state index contributed by atoms with van der Waals surface area (Å²) in [6, 6.07) is 5.84. The van der Waals surface area contributed by atoms with E-state index in [-0.39, 0.29) is 0 Å². The van der Waals surface area contributed by atoms with Crippen molar-refractivity contribution in [1.29, 1.82) is 0 Å². The predicted octanol–water partition coefficient (Wildman–Crippen LogP) is 1.47. The Morgan fingerprint density at radius 3 is 2.58 bits per heavy atom. The smallest absolute Gasteiger partial charge is 0.0539 e. The van der Waals surface area contributed by atoms with Gasteiger partial charge in [0.2, 0.25) is 0 Å². The van der Waals surface area contributed by atoms with E-state index < -0.39 is 0 Å². The van der Waals surface area contributed by atoms with Crippen LogP contribution in [0.1, 0.15) is 5.56 Å². The standard InChI is InChI=1S/C9H15N3/c1-7-8(10)5-4-6-9(7)11-12(2)3/h4-6,11H,10H2,1-3H3. The number of nitrogens with zero attached hydrogens (tertiary/aromatic N) is 1. The number of hydrazine groups is 1. The van der Waals surface area contributed by atoms with Gasteiger partial charge >= 0.3 is 0 Å². The van der Waals surface area contributed by atoms with Crippen molar-refractivity contribution in [3.8, 4) is 0 Å². The number of rotatable bonds is 2. The molecule has 3 nitrogen and oxygen atoms in total. The van der Waals surface area contributed by atoms with Crippen molar-refractivity contribution < 1.29 is 0 Å². The molecule has 0 aliphatic carbocycles. The fourth-order valence-corrected chi connectivity index (χ4v) is 1.02. The molecule has 0 aromatic heterocycles. The van der Waals surface area contributed by atoms with Crippen LogP contribution in [0.4, 0.5) is 11.4 Å². The Bertz CT molecular complexity index is 268. The Hall–Kier alpha value is -1.22. The first-order valence-electron chi connectivity index (χ1n) is 3.90. The highest BCUT2D eigenvalue weighted by molar-refractivity contribution is 5.62. The van der Waals surface area contributed by atoms with Crippen molar-refractivity contribution in [3.63, 3.8) is 0 Å². The molecule has 0 aliphatic heterocycles. The second kappa shape index (κ2) is 3.45. The van der Waals surface area contributed by atoms with Crippen LogP contribution in [0.3, 0.4) is 0 Å². The summed E-state index contributed by atoms with van der Waals surface area (Å²) in [5, 5.41) is 1.89. The first-order chi connectivity index (χ1) is 5.61. The molecule has 0 atom stereocenters. The van der Waals surface area contributed by atoms with Gasteiger partial charge in [-0.1, -0.05) is 6.07 Å². The summed E-state index contributed by atoms with van der Waals surface area (Å²) in [6.45, 7) is 2.00. The van der Waals surface area contributed by atoms with Crippen molar-refractivity contribution in [3.05, 3.63) is 23.8 Å². The Morgan fingerprint density at radius 1 is 1.33 bits per heavy atom. The molecule has 0 bridgehead atoms. The van der Waals surface area contributed by atoms with Crippen LogP contribution in [-0.4, -0.2) is 19.1 Å². The zero-order valence-corrected chi connectivity index (χ0v) is 7.76. The maximum Gasteiger partial charge on any atom is 0.0539 e. The average Bonchev–Trinajstić information content (AvgIpc) is 1.98. The minimum atomic E-state index is 0.821. The third-order valence-corrected chi connectivity index (χ3v) is 1.72. The SMILES string of the molecule is Cc1c(N)cccc1NN(C)C. The molecular weight excluding hydrogens is 150 g/mol. The van der Waals surface area contributed by atoms with Crippen molar-refractivity contribution >= 4 is 11.4 Å². The van der Waals surface area contributed by atoms with E-state index in [9.17, 15) is 0 Å². The van der Waals surface area contributed by atoms with E-state index in [2.05, 4.69) is 5.43 Å². The Kier molecular flexibility index (Phi) is 2.55. The van der Waals surface area contributed by atoms with Crippen LogP contribution in [-0.2, 0) is 0 Å². The van der Waals surface area contributed by atoms with Crippen LogP contribution in [0.5, 0.6) is 0 Å². The molecule has 1 rings (SSSR count). The zero-order chi connectivity index (χ0) is 9.14. The summed E-state index contributed by atoms with van der Waals surface area (Å²) in [4.78, 5) is 0. The lowest BCUT2D eigenvalue weighted by molar-refractivity contribution is 0.495. The molecule has 12 heavy (non-hydrogen) atoms. The number of hydrogen-bond donors (Lipinski definition) is 2. The lowest BCUT2D eigenvalue weighted by Gasteiger charge is -2.16. The van der Waals surface area contributed by atoms with Gasteiger partial charge in [-0.15, -0.1) is 0 Å². The molecule has 0 heterocycles. The Morgan fingerprint density at radius 2 is 2.00 bits per heavy atom. The molecule has 0 aliphatic rings. The van der Waals surface area contributed by atoms with E-state index in [1.807, 2.05) is 44.2 Å². The molecule has 0 saturated heterocycles. The van der Waals surface area contributed by atoms with Gasteiger partial charge in [-0.05, 0) is 24.6 Å². The van der Waals surface area contributed by atoms with Gasteiger partial charge in [0.1, 0.15) is 0 Å². The maximum absolute atomic E-state index is 5.74. The third kappa shape index (κ3) is 1.89. The van der Waals surface area contributed by atoms with Gasteiger partial charge in [0, 0.05) is 19.8 Å². The van der Waals surface area contributed by atoms with Crippen molar-refractivity contribution in [2.24, 2.45) is 0 Å². The minimum Gasteiger partial charge on any atom is -0.398 e. The van der Waals surface area contributed by atoms with Gasteiger partial charge in [-0.25, -0.2) is 5.01 Å². The highest BCUT2D eigenvalue weighted by Crippen LogP contribution is 2.20. The van der Waals surface area contributed by atoms with Crippen molar-refractivity contribution in [1.82, 2.24) is 5.01 Å². The van der Waals surface area contributed by atoms with Crippen LogP contribution < -0.4 is 11.2 Å². The second-order valence-electron chi connectivity index (χ2n) is 3.03. The third-order valence-electron chi connectivity index (χ3n) is 1.72. The lowest BCUT2D eigenvalue weighted by Crippen LogP contribution is -2.20. The van der Waals surface area contributed by atoms with Gasteiger partial charge < -0.3 is 11.2 Å². The Labute approximate surface area is 73.1 Å². The number of nitrogens with two attached hydrogens (primary N) is 1. The van der Waals surface area contributed by atoms with Crippen LogP contribution >= 0.6 is 0 Å². The van der Waals surface area contributed by atoms with E-state index in [1.54, 1.807) is 0 Å². The molecule has 0 saturated carbocycles. The van der Waals surface area contributed by atoms with Crippen LogP contribution in [0.25, 0.3) is 0 Å². The molecule has 0 spiro atoms. The summed E-state index contributed by atoms with van der Waals surface area (Å²) in [5.41, 5.74) is 11.9. The highest BCUT2D eigenvalue weighted by atomic mass is 15.5. The fourth-order valence-electron chi connectivity index (χ4n) is 1.02. The number of nitrogen functional groups attached to an aromatic ring is 1. The molecule has 66 valence electrons. The maximum atomic E-state index is 5.74. The molecule has 1 aromatic rings. The van der Waals surface area contributed by atoms with Gasteiger partial charge in [-0.3, -0.25) is 0 Å². The quantitative estimate of drug-likeness (QED) is 0.515. The summed E-state index contributed by atoms with van der Waals surface area (Å²) >= 11 is 0. The van der Waals surface area contributed by atoms with Gasteiger partial charge in [-0.2, -0.15) is 0 Å². The first-order valence-corrected chi connectivity index (χ1v) is 3.90. The number of nitrogens with one attached hydrogen (secondary N) is 1. The van der Waals surface area contributed by atoms with E-state index in [4.69, 9.17) is 5.73 Å². The molecule has 0 unspecified atom stereocenters. The molecule has 3 N–H and O–H groups in total. The highest BCUT2D eigenvalue weighted by Gasteiger charge is 1.99. The normalized spacial score (nSPS) is 10.3. The predicted molar refractivity (Wildman–Crippen MR) is 52.9 cm³/mol. The number of anilines is 2. The summed E-state index contributed by atoms with van der Waals surface area (Å²) in [6.07, 6.45) is 0. The van der Waals surface area contributed by atoms with Gasteiger partial charge in [0.25, 0.3) is 0 Å². The zero-order valence-electron chi connectivity index (χ0n) is 7.76. The summed E-state index contributed by atoms with van der Waals surface area (Å²) in [5.74, 6) is 0. The summed E-state index contributed by atoms with van der Waals surface area (Å²) in [7, 11) is 3.89. The summed E-state index contributed by atoms with van der Waals surface area (Å²) < 4.78 is 0. The average molecular weight is 165 g/mol. The minimum absolute atomic E-state index is 0.821. The van der Waals surface area contributed by atoms with Crippen LogP contribution in [0, 0.1) is 6.92 Å². The number of hydrogen-bond acceptors (Lipinski definition) is 3. The first kappa shape index (κ1) is 8.87. The van der Waals surface area contributed by atoms with Crippen molar-refractivity contribution in [2.75, 3.05) is 25.3 Å². The topological polar surface area (TPSA) is 41.3 Å². The molecule has 1 aromatic carbocycles. The van der Waals surface area contributed by atoms with Crippen LogP contribution in [0.15, 0.2) is 18.2 Å². The van der Waals surface area contributed by atoms with E-state index >= 15 is 0 Å².